The Morgan fingerprint density at radius 1 is 1.19 bits per heavy atom. The van der Waals surface area contributed by atoms with Crippen LogP contribution in [0.4, 0.5) is 5.69 Å². The number of aromatic amines is 1. The minimum atomic E-state index is -1.03. The van der Waals surface area contributed by atoms with Crippen LogP contribution in [0.25, 0.3) is 10.9 Å². The molecule has 2 aromatic carbocycles. The molecular formula is C15H13N3O2S. The first-order valence-electron chi connectivity index (χ1n) is 6.32. The lowest BCUT2D eigenvalue weighted by atomic mass is 10.1. The Balaban J connectivity index is 1.86. The maximum atomic E-state index is 12.3. The van der Waals surface area contributed by atoms with Gasteiger partial charge in [-0.3, -0.25) is 14.1 Å². The van der Waals surface area contributed by atoms with Gasteiger partial charge in [0.1, 0.15) is 0 Å². The highest BCUT2D eigenvalue weighted by molar-refractivity contribution is 7.84. The number of para-hydroxylation sites is 1. The fourth-order valence-corrected chi connectivity index (χ4v) is 2.61. The van der Waals surface area contributed by atoms with Crippen LogP contribution in [0.15, 0.2) is 53.6 Å². The van der Waals surface area contributed by atoms with E-state index in [2.05, 4.69) is 15.5 Å². The average molecular weight is 299 g/mol. The summed E-state index contributed by atoms with van der Waals surface area (Å²) in [6.45, 7) is 0. The molecule has 1 aromatic heterocycles. The molecule has 1 amide bonds. The number of hydrogen-bond donors (Lipinski definition) is 2. The number of hydrogen-bond acceptors (Lipinski definition) is 3. The van der Waals surface area contributed by atoms with Crippen molar-refractivity contribution in [3.8, 4) is 0 Å². The summed E-state index contributed by atoms with van der Waals surface area (Å²) < 4.78 is 11.3. The second-order valence-electron chi connectivity index (χ2n) is 4.57. The van der Waals surface area contributed by atoms with Crippen molar-refractivity contribution in [1.82, 2.24) is 10.2 Å². The highest BCUT2D eigenvalue weighted by Crippen LogP contribution is 2.18. The number of aromatic nitrogens is 2. The minimum absolute atomic E-state index is 0.213. The molecule has 3 aromatic rings. The molecule has 6 heteroatoms. The van der Waals surface area contributed by atoms with Crippen LogP contribution in [0.5, 0.6) is 0 Å². The van der Waals surface area contributed by atoms with Crippen LogP contribution in [0, 0.1) is 0 Å². The molecular weight excluding hydrogens is 286 g/mol. The molecule has 0 aliphatic heterocycles. The third kappa shape index (κ3) is 2.71. The number of amides is 1. The Hall–Kier alpha value is -2.47. The standard InChI is InChI=1S/C15H13N3O2S/c1-21(20)12-7-5-11(6-8-12)17-15(19)13-4-2-3-10-9-16-18-14(10)13/h2-9H,1H3,(H,16,18)(H,17,19). The first-order chi connectivity index (χ1) is 10.1. The van der Waals surface area contributed by atoms with Crippen molar-refractivity contribution < 1.29 is 9.00 Å². The Kier molecular flexibility index (Phi) is 3.53. The Morgan fingerprint density at radius 3 is 2.67 bits per heavy atom. The summed E-state index contributed by atoms with van der Waals surface area (Å²) in [6.07, 6.45) is 3.30. The van der Waals surface area contributed by atoms with Crippen LogP contribution in [-0.4, -0.2) is 26.6 Å². The molecule has 0 fully saturated rings. The van der Waals surface area contributed by atoms with Gasteiger partial charge in [0.25, 0.3) is 5.91 Å². The molecule has 0 aliphatic carbocycles. The van der Waals surface area contributed by atoms with E-state index in [-0.39, 0.29) is 5.91 Å². The molecule has 0 radical (unpaired) electrons. The number of carbonyl (C=O) groups excluding carboxylic acids is 1. The van der Waals surface area contributed by atoms with Gasteiger partial charge in [-0.2, -0.15) is 5.10 Å². The lowest BCUT2D eigenvalue weighted by Gasteiger charge is -2.06. The Bertz CT molecular complexity index is 824. The van der Waals surface area contributed by atoms with Gasteiger partial charge in [0.05, 0.1) is 17.3 Å². The van der Waals surface area contributed by atoms with E-state index in [9.17, 15) is 9.00 Å². The summed E-state index contributed by atoms with van der Waals surface area (Å²) >= 11 is 0. The van der Waals surface area contributed by atoms with E-state index < -0.39 is 10.8 Å². The van der Waals surface area contributed by atoms with Gasteiger partial charge in [-0.15, -0.1) is 0 Å². The van der Waals surface area contributed by atoms with Crippen LogP contribution in [-0.2, 0) is 10.8 Å². The van der Waals surface area contributed by atoms with Crippen molar-refractivity contribution in [3.63, 3.8) is 0 Å². The maximum Gasteiger partial charge on any atom is 0.257 e. The summed E-state index contributed by atoms with van der Waals surface area (Å²) in [5, 5.41) is 10.5. The molecule has 1 heterocycles. The Morgan fingerprint density at radius 2 is 1.95 bits per heavy atom. The third-order valence-corrected chi connectivity index (χ3v) is 4.10. The van der Waals surface area contributed by atoms with E-state index in [1.165, 1.54) is 0 Å². The predicted octanol–water partition coefficient (Wildman–Crippen LogP) is 2.55. The van der Waals surface area contributed by atoms with Gasteiger partial charge in [0.2, 0.25) is 0 Å². The summed E-state index contributed by atoms with van der Waals surface area (Å²) in [4.78, 5) is 13.1. The molecule has 0 saturated carbocycles. The van der Waals surface area contributed by atoms with Crippen molar-refractivity contribution in [1.29, 1.82) is 0 Å². The second kappa shape index (κ2) is 5.49. The molecule has 21 heavy (non-hydrogen) atoms. The van der Waals surface area contributed by atoms with E-state index in [1.807, 2.05) is 12.1 Å². The first-order valence-corrected chi connectivity index (χ1v) is 7.88. The maximum absolute atomic E-state index is 12.3. The van der Waals surface area contributed by atoms with Crippen molar-refractivity contribution in [2.75, 3.05) is 11.6 Å². The molecule has 106 valence electrons. The zero-order valence-electron chi connectivity index (χ0n) is 11.3. The third-order valence-electron chi connectivity index (χ3n) is 3.17. The first kappa shape index (κ1) is 13.5. The number of H-pyrrole nitrogens is 1. The van der Waals surface area contributed by atoms with Crippen LogP contribution in [0.3, 0.4) is 0 Å². The highest BCUT2D eigenvalue weighted by Gasteiger charge is 2.11. The van der Waals surface area contributed by atoms with Gasteiger partial charge in [0.15, 0.2) is 0 Å². The molecule has 3 rings (SSSR count). The van der Waals surface area contributed by atoms with Gasteiger partial charge in [0, 0.05) is 33.0 Å². The molecule has 1 unspecified atom stereocenters. The fraction of sp³-hybridized carbons (Fsp3) is 0.0667. The fourth-order valence-electron chi connectivity index (χ4n) is 2.09. The SMILES string of the molecule is CS(=O)c1ccc(NC(=O)c2cccc3cn[nH]c23)cc1. The second-order valence-corrected chi connectivity index (χ2v) is 5.95. The molecule has 0 saturated heterocycles. The zero-order chi connectivity index (χ0) is 14.8. The van der Waals surface area contributed by atoms with Gasteiger partial charge in [-0.25, -0.2) is 0 Å². The average Bonchev–Trinajstić information content (AvgIpc) is 2.96. The van der Waals surface area contributed by atoms with E-state index >= 15 is 0 Å². The van der Waals surface area contributed by atoms with Crippen LogP contribution in [0.2, 0.25) is 0 Å². The van der Waals surface area contributed by atoms with Crippen LogP contribution < -0.4 is 5.32 Å². The van der Waals surface area contributed by atoms with Crippen molar-refractivity contribution >= 4 is 33.3 Å². The number of benzene rings is 2. The molecule has 2 N–H and O–H groups in total. The van der Waals surface area contributed by atoms with Crippen molar-refractivity contribution in [2.45, 2.75) is 4.90 Å². The van der Waals surface area contributed by atoms with E-state index in [0.29, 0.717) is 16.8 Å². The number of anilines is 1. The molecule has 5 nitrogen and oxygen atoms in total. The molecule has 1 atom stereocenters. The van der Waals surface area contributed by atoms with E-state index in [0.717, 1.165) is 10.3 Å². The van der Waals surface area contributed by atoms with Gasteiger partial charge in [-0.05, 0) is 30.3 Å². The van der Waals surface area contributed by atoms with E-state index in [1.54, 1.807) is 42.8 Å². The lowest BCUT2D eigenvalue weighted by molar-refractivity contribution is 0.102. The summed E-state index contributed by atoms with van der Waals surface area (Å²) in [6, 6.07) is 12.4. The largest absolute Gasteiger partial charge is 0.322 e. The molecule has 0 spiro atoms. The van der Waals surface area contributed by atoms with E-state index in [4.69, 9.17) is 0 Å². The van der Waals surface area contributed by atoms with Gasteiger partial charge < -0.3 is 5.32 Å². The number of nitrogens with one attached hydrogen (secondary N) is 2. The number of carbonyl (C=O) groups is 1. The summed E-state index contributed by atoms with van der Waals surface area (Å²) in [5.41, 5.74) is 1.90. The smallest absolute Gasteiger partial charge is 0.257 e. The lowest BCUT2D eigenvalue weighted by Crippen LogP contribution is -2.12. The topological polar surface area (TPSA) is 74.8 Å². The highest BCUT2D eigenvalue weighted by atomic mass is 32.2. The number of fused-ring (bicyclic) bond motifs is 1. The minimum Gasteiger partial charge on any atom is -0.322 e. The normalized spacial score (nSPS) is 12.2. The summed E-state index contributed by atoms with van der Waals surface area (Å²) in [7, 11) is -1.03. The quantitative estimate of drug-likeness (QED) is 0.780. The van der Waals surface area contributed by atoms with Crippen molar-refractivity contribution in [2.24, 2.45) is 0 Å². The molecule has 0 aliphatic rings. The van der Waals surface area contributed by atoms with Crippen LogP contribution >= 0.6 is 0 Å². The number of rotatable bonds is 3. The Labute approximate surface area is 123 Å². The number of nitrogens with zero attached hydrogens (tertiary/aromatic N) is 1. The van der Waals surface area contributed by atoms with Gasteiger partial charge >= 0.3 is 0 Å². The zero-order valence-corrected chi connectivity index (χ0v) is 12.1. The van der Waals surface area contributed by atoms with Crippen LogP contribution in [0.1, 0.15) is 10.4 Å². The predicted molar refractivity (Wildman–Crippen MR) is 82.8 cm³/mol. The monoisotopic (exact) mass is 299 g/mol. The summed E-state index contributed by atoms with van der Waals surface area (Å²) in [5.74, 6) is -0.213. The van der Waals surface area contributed by atoms with Crippen molar-refractivity contribution in [3.05, 3.63) is 54.2 Å². The molecule has 0 bridgehead atoms. The van der Waals surface area contributed by atoms with Gasteiger partial charge in [-0.1, -0.05) is 12.1 Å².